The van der Waals surface area contributed by atoms with Crippen LogP contribution in [0.5, 0.6) is 0 Å². The van der Waals surface area contributed by atoms with Crippen LogP contribution in [0.15, 0.2) is 218 Å². The van der Waals surface area contributed by atoms with Gasteiger partial charge in [0.05, 0.1) is 11.0 Å². The SMILES string of the molecule is c1ccc(-n2c3ccccc3c3c4c5ccccc5n(-c5cccc(-n6c7ccccc7c7cc8c9ccccc9n(-c9cccc%10c9[se]c9ccccc9%10)c8cc76)c5)c4ccc32)cc1. The molecule has 5 heterocycles. The predicted octanol–water partition coefficient (Wildman–Crippen LogP) is 15.4. The van der Waals surface area contributed by atoms with Crippen LogP contribution < -0.4 is 0 Å². The summed E-state index contributed by atoms with van der Waals surface area (Å²) in [6.07, 6.45) is 0. The minimum Gasteiger partial charge on any atom is -0.0602 e. The summed E-state index contributed by atoms with van der Waals surface area (Å²) in [6.45, 7) is 0. The first-order valence-corrected chi connectivity index (χ1v) is 24.0. The van der Waals surface area contributed by atoms with E-state index in [0.717, 1.165) is 17.1 Å². The van der Waals surface area contributed by atoms with Gasteiger partial charge in [0, 0.05) is 27.2 Å². The number of rotatable bonds is 4. The van der Waals surface area contributed by atoms with Crippen molar-refractivity contribution in [1.29, 1.82) is 0 Å². The van der Waals surface area contributed by atoms with Crippen LogP contribution in [0.2, 0.25) is 0 Å². The second kappa shape index (κ2) is 13.2. The first-order chi connectivity index (χ1) is 32.3. The average molecular weight is 892 g/mol. The number of para-hydroxylation sites is 5. The molecule has 4 nitrogen and oxygen atoms in total. The molecule has 15 aromatic rings. The van der Waals surface area contributed by atoms with Crippen molar-refractivity contribution in [3.63, 3.8) is 0 Å². The van der Waals surface area contributed by atoms with Crippen LogP contribution in [0, 0.1) is 0 Å². The first kappa shape index (κ1) is 35.4. The molecular formula is C60H36N4Se. The number of hydrogen-bond acceptors (Lipinski definition) is 0. The van der Waals surface area contributed by atoms with Gasteiger partial charge in [-0.2, -0.15) is 0 Å². The number of aromatic nitrogens is 4. The normalized spacial score (nSPS) is 12.3. The van der Waals surface area contributed by atoms with E-state index in [4.69, 9.17) is 0 Å². The van der Waals surface area contributed by atoms with E-state index in [1.165, 1.54) is 112 Å². The summed E-state index contributed by atoms with van der Waals surface area (Å²) in [7, 11) is 0. The average Bonchev–Trinajstić information content (AvgIpc) is 4.16. The molecule has 0 atom stereocenters. The van der Waals surface area contributed by atoms with E-state index in [9.17, 15) is 0 Å². The van der Waals surface area contributed by atoms with Gasteiger partial charge >= 0.3 is 247 Å². The first-order valence-electron chi connectivity index (χ1n) is 22.3. The second-order valence-corrected chi connectivity index (χ2v) is 19.5. The van der Waals surface area contributed by atoms with Crippen LogP contribution in [-0.4, -0.2) is 32.8 Å². The molecular weight excluding hydrogens is 856 g/mol. The van der Waals surface area contributed by atoms with Crippen LogP contribution in [0.4, 0.5) is 0 Å². The smallest absolute Gasteiger partial charge is 0.0602 e. The molecule has 15 rings (SSSR count). The molecule has 0 fully saturated rings. The van der Waals surface area contributed by atoms with Crippen molar-refractivity contribution in [2.24, 2.45) is 0 Å². The zero-order valence-electron chi connectivity index (χ0n) is 35.0. The number of nitrogens with zero attached hydrogens (tertiary/aromatic N) is 4. The molecule has 0 saturated carbocycles. The standard InChI is InChI=1S/C60H36N4Se/c1-2-16-37(17-3-1)61-50-28-11-6-23-44(50)58-52(61)32-33-53-59(58)45-24-7-12-29-51(45)62(53)38-18-14-19-39(34-38)63-48-26-9-4-20-40(48)46-35-47-41-21-5-10-27-49(41)64(56(47)36-55(46)63)54-30-15-25-43-42-22-8-13-31-57(42)65-60(43)54/h1-36H. The Morgan fingerprint density at radius 3 is 1.34 bits per heavy atom. The van der Waals surface area contributed by atoms with E-state index >= 15 is 0 Å². The summed E-state index contributed by atoms with van der Waals surface area (Å²) in [5.74, 6) is 0. The van der Waals surface area contributed by atoms with E-state index < -0.39 is 0 Å². The van der Waals surface area contributed by atoms with Gasteiger partial charge in [-0.3, -0.25) is 0 Å². The molecule has 0 spiro atoms. The molecule has 0 bridgehead atoms. The third kappa shape index (κ3) is 4.81. The van der Waals surface area contributed by atoms with Crippen LogP contribution in [0.1, 0.15) is 0 Å². The summed E-state index contributed by atoms with van der Waals surface area (Å²) < 4.78 is 12.8. The van der Waals surface area contributed by atoms with Gasteiger partial charge in [-0.05, 0) is 36.4 Å². The van der Waals surface area contributed by atoms with Crippen molar-refractivity contribution in [2.75, 3.05) is 0 Å². The van der Waals surface area contributed by atoms with Gasteiger partial charge in [0.1, 0.15) is 0 Å². The van der Waals surface area contributed by atoms with Gasteiger partial charge in [-0.15, -0.1) is 0 Å². The maximum atomic E-state index is 2.54. The Balaban J connectivity index is 0.999. The molecule has 0 radical (unpaired) electrons. The maximum absolute atomic E-state index is 2.54. The Morgan fingerprint density at radius 1 is 0.246 bits per heavy atom. The predicted molar refractivity (Wildman–Crippen MR) is 276 cm³/mol. The zero-order chi connectivity index (χ0) is 42.3. The van der Waals surface area contributed by atoms with E-state index in [0.29, 0.717) is 0 Å². The third-order valence-electron chi connectivity index (χ3n) is 13.9. The van der Waals surface area contributed by atoms with Crippen LogP contribution >= 0.6 is 0 Å². The van der Waals surface area contributed by atoms with Gasteiger partial charge in [-0.1, -0.05) is 54.6 Å². The van der Waals surface area contributed by atoms with E-state index in [1.54, 1.807) is 0 Å². The minimum absolute atomic E-state index is 0.206. The van der Waals surface area contributed by atoms with Crippen molar-refractivity contribution >= 4 is 121 Å². The molecule has 0 aliphatic heterocycles. The van der Waals surface area contributed by atoms with Crippen LogP contribution in [0.25, 0.3) is 129 Å². The minimum atomic E-state index is 0.206. The molecule has 0 aliphatic carbocycles. The Morgan fingerprint density at radius 2 is 0.692 bits per heavy atom. The molecule has 0 amide bonds. The zero-order valence-corrected chi connectivity index (χ0v) is 36.7. The number of benzene rings is 10. The molecule has 0 unspecified atom stereocenters. The van der Waals surface area contributed by atoms with Crippen molar-refractivity contribution in [1.82, 2.24) is 18.3 Å². The molecule has 65 heavy (non-hydrogen) atoms. The molecule has 0 aliphatic rings. The van der Waals surface area contributed by atoms with Crippen molar-refractivity contribution in [3.8, 4) is 22.7 Å². The second-order valence-electron chi connectivity index (χ2n) is 17.3. The Hall–Kier alpha value is -8.08. The molecule has 5 aromatic heterocycles. The molecule has 5 heteroatoms. The van der Waals surface area contributed by atoms with Crippen LogP contribution in [-0.2, 0) is 0 Å². The molecule has 0 saturated heterocycles. The Kier molecular flexibility index (Phi) is 7.20. The van der Waals surface area contributed by atoms with E-state index in [-0.39, 0.29) is 14.5 Å². The fourth-order valence-electron chi connectivity index (χ4n) is 11.3. The van der Waals surface area contributed by atoms with E-state index in [1.807, 2.05) is 0 Å². The number of fused-ring (bicyclic) bond motifs is 16. The summed E-state index contributed by atoms with van der Waals surface area (Å²) in [5.41, 5.74) is 14.4. The van der Waals surface area contributed by atoms with Gasteiger partial charge in [0.2, 0.25) is 0 Å². The monoisotopic (exact) mass is 892 g/mol. The molecule has 10 aromatic carbocycles. The van der Waals surface area contributed by atoms with Gasteiger partial charge in [0.15, 0.2) is 0 Å². The quantitative estimate of drug-likeness (QED) is 0.157. The van der Waals surface area contributed by atoms with Gasteiger partial charge < -0.3 is 4.57 Å². The van der Waals surface area contributed by atoms with Crippen LogP contribution in [0.3, 0.4) is 0 Å². The number of hydrogen-bond donors (Lipinski definition) is 0. The van der Waals surface area contributed by atoms with Gasteiger partial charge in [-0.25, -0.2) is 0 Å². The summed E-state index contributed by atoms with van der Waals surface area (Å²) in [5, 5.41) is 12.9. The Labute approximate surface area is 378 Å². The van der Waals surface area contributed by atoms with Crippen molar-refractivity contribution < 1.29 is 0 Å². The van der Waals surface area contributed by atoms with Crippen molar-refractivity contribution in [2.45, 2.75) is 0 Å². The van der Waals surface area contributed by atoms with Crippen molar-refractivity contribution in [3.05, 3.63) is 218 Å². The summed E-state index contributed by atoms with van der Waals surface area (Å²) >= 11 is 0.206. The fourth-order valence-corrected chi connectivity index (χ4v) is 13.8. The van der Waals surface area contributed by atoms with E-state index in [2.05, 4.69) is 237 Å². The summed E-state index contributed by atoms with van der Waals surface area (Å²) in [4.78, 5) is 0. The molecule has 0 N–H and O–H groups in total. The topological polar surface area (TPSA) is 19.7 Å². The fraction of sp³-hybridized carbons (Fsp3) is 0. The Bertz CT molecular complexity index is 4480. The summed E-state index contributed by atoms with van der Waals surface area (Å²) in [6, 6.07) is 81.0. The van der Waals surface area contributed by atoms with Gasteiger partial charge in [0.25, 0.3) is 0 Å². The molecule has 302 valence electrons. The third-order valence-corrected chi connectivity index (χ3v) is 16.5.